The number of hydrogen-bond donors (Lipinski definition) is 1. The second-order valence-electron chi connectivity index (χ2n) is 7.12. The van der Waals surface area contributed by atoms with Crippen molar-refractivity contribution in [1.82, 2.24) is 19.8 Å². The van der Waals surface area contributed by atoms with Gasteiger partial charge < -0.3 is 14.8 Å². The second kappa shape index (κ2) is 7.82. The number of aryl methyl sites for hydroxylation is 1. The molecule has 1 fully saturated rings. The zero-order valence-corrected chi connectivity index (χ0v) is 16.1. The van der Waals surface area contributed by atoms with E-state index in [2.05, 4.69) is 80.2 Å². The summed E-state index contributed by atoms with van der Waals surface area (Å²) in [4.78, 5) is 11.5. The standard InChI is InChI=1S/C22H27N5/c1-17-25-20-10-6-7-11-21(20)27(17)15-13-24-22(23-2)26-14-12-19(16-26)18-8-4-3-5-9-18/h3-11,19H,12-16H2,1-2H3,(H,23,24). The van der Waals surface area contributed by atoms with Crippen molar-refractivity contribution in [1.29, 1.82) is 0 Å². The molecule has 2 heterocycles. The van der Waals surface area contributed by atoms with Crippen molar-refractivity contribution in [3.05, 3.63) is 66.0 Å². The zero-order chi connectivity index (χ0) is 18.6. The van der Waals surface area contributed by atoms with Crippen LogP contribution in [0.25, 0.3) is 11.0 Å². The van der Waals surface area contributed by atoms with Gasteiger partial charge in [0.15, 0.2) is 5.96 Å². The molecule has 0 saturated carbocycles. The van der Waals surface area contributed by atoms with E-state index in [4.69, 9.17) is 0 Å². The number of guanidine groups is 1. The zero-order valence-electron chi connectivity index (χ0n) is 16.1. The lowest BCUT2D eigenvalue weighted by Gasteiger charge is -2.22. The van der Waals surface area contributed by atoms with E-state index in [1.54, 1.807) is 0 Å². The third-order valence-electron chi connectivity index (χ3n) is 5.43. The number of imidazole rings is 1. The molecule has 1 aliphatic rings. The van der Waals surface area contributed by atoms with E-state index in [1.165, 1.54) is 17.5 Å². The fraction of sp³-hybridized carbons (Fsp3) is 0.364. The largest absolute Gasteiger partial charge is 0.354 e. The first kappa shape index (κ1) is 17.6. The molecule has 0 spiro atoms. The third-order valence-corrected chi connectivity index (χ3v) is 5.43. The number of hydrogen-bond acceptors (Lipinski definition) is 2. The lowest BCUT2D eigenvalue weighted by atomic mass is 9.99. The van der Waals surface area contributed by atoms with Crippen LogP contribution in [0.4, 0.5) is 0 Å². The fourth-order valence-corrected chi connectivity index (χ4v) is 4.04. The maximum Gasteiger partial charge on any atom is 0.193 e. The highest BCUT2D eigenvalue weighted by Gasteiger charge is 2.25. The minimum atomic E-state index is 0.588. The molecule has 1 aromatic heterocycles. The molecule has 0 aliphatic carbocycles. The van der Waals surface area contributed by atoms with Crippen molar-refractivity contribution in [2.75, 3.05) is 26.7 Å². The molecule has 140 valence electrons. The highest BCUT2D eigenvalue weighted by molar-refractivity contribution is 5.80. The van der Waals surface area contributed by atoms with Gasteiger partial charge in [0.05, 0.1) is 11.0 Å². The normalized spacial score (nSPS) is 17.6. The quantitative estimate of drug-likeness (QED) is 0.572. The molecule has 0 amide bonds. The molecule has 1 aliphatic heterocycles. The van der Waals surface area contributed by atoms with Gasteiger partial charge in [-0.25, -0.2) is 4.98 Å². The van der Waals surface area contributed by atoms with E-state index in [-0.39, 0.29) is 0 Å². The van der Waals surface area contributed by atoms with Crippen molar-refractivity contribution in [3.8, 4) is 0 Å². The first-order chi connectivity index (χ1) is 13.3. The molecule has 5 heteroatoms. The van der Waals surface area contributed by atoms with E-state index in [0.29, 0.717) is 5.92 Å². The van der Waals surface area contributed by atoms with Gasteiger partial charge in [-0.15, -0.1) is 0 Å². The predicted octanol–water partition coefficient (Wildman–Crippen LogP) is 3.41. The van der Waals surface area contributed by atoms with Gasteiger partial charge in [0.2, 0.25) is 0 Å². The van der Waals surface area contributed by atoms with Crippen LogP contribution in [-0.4, -0.2) is 47.1 Å². The summed E-state index contributed by atoms with van der Waals surface area (Å²) in [6.45, 7) is 5.85. The Labute approximate surface area is 160 Å². The highest BCUT2D eigenvalue weighted by atomic mass is 15.3. The fourth-order valence-electron chi connectivity index (χ4n) is 4.04. The van der Waals surface area contributed by atoms with E-state index in [1.807, 2.05) is 13.1 Å². The highest BCUT2D eigenvalue weighted by Crippen LogP contribution is 2.26. The van der Waals surface area contributed by atoms with E-state index >= 15 is 0 Å². The minimum absolute atomic E-state index is 0.588. The van der Waals surface area contributed by atoms with Crippen molar-refractivity contribution in [3.63, 3.8) is 0 Å². The Kier molecular flexibility index (Phi) is 5.10. The lowest BCUT2D eigenvalue weighted by Crippen LogP contribution is -2.41. The number of aromatic nitrogens is 2. The molecule has 2 aromatic carbocycles. The van der Waals surface area contributed by atoms with Gasteiger partial charge in [-0.05, 0) is 31.0 Å². The number of para-hydroxylation sites is 2. The monoisotopic (exact) mass is 361 g/mol. The number of benzene rings is 2. The van der Waals surface area contributed by atoms with Crippen molar-refractivity contribution < 1.29 is 0 Å². The summed E-state index contributed by atoms with van der Waals surface area (Å²) in [5.41, 5.74) is 3.68. The molecule has 1 N–H and O–H groups in total. The first-order valence-electron chi connectivity index (χ1n) is 9.68. The second-order valence-corrected chi connectivity index (χ2v) is 7.12. The number of rotatable bonds is 4. The summed E-state index contributed by atoms with van der Waals surface area (Å²) in [6, 6.07) is 19.1. The molecule has 1 unspecified atom stereocenters. The summed E-state index contributed by atoms with van der Waals surface area (Å²) < 4.78 is 2.27. The van der Waals surface area contributed by atoms with Crippen LogP contribution in [-0.2, 0) is 6.54 Å². The van der Waals surface area contributed by atoms with Gasteiger partial charge in [0, 0.05) is 39.1 Å². The Morgan fingerprint density at radius 2 is 1.93 bits per heavy atom. The van der Waals surface area contributed by atoms with Crippen LogP contribution in [0.2, 0.25) is 0 Å². The Morgan fingerprint density at radius 1 is 1.15 bits per heavy atom. The summed E-state index contributed by atoms with van der Waals surface area (Å²) in [6.07, 6.45) is 1.18. The summed E-state index contributed by atoms with van der Waals surface area (Å²) in [5.74, 6) is 2.64. The topological polar surface area (TPSA) is 45.5 Å². The van der Waals surface area contributed by atoms with Gasteiger partial charge in [-0.3, -0.25) is 4.99 Å². The molecule has 0 bridgehead atoms. The lowest BCUT2D eigenvalue weighted by molar-refractivity contribution is 0.482. The number of likely N-dealkylation sites (tertiary alicyclic amines) is 1. The van der Waals surface area contributed by atoms with Gasteiger partial charge in [0.25, 0.3) is 0 Å². The number of nitrogens with one attached hydrogen (secondary N) is 1. The molecular weight excluding hydrogens is 334 g/mol. The van der Waals surface area contributed by atoms with Crippen LogP contribution in [0.3, 0.4) is 0 Å². The molecule has 1 atom stereocenters. The predicted molar refractivity (Wildman–Crippen MR) is 111 cm³/mol. The summed E-state index contributed by atoms with van der Waals surface area (Å²) in [7, 11) is 1.87. The van der Waals surface area contributed by atoms with Crippen LogP contribution in [0.5, 0.6) is 0 Å². The Hall–Kier alpha value is -2.82. The Bertz CT molecular complexity index is 928. The molecule has 3 aromatic rings. The van der Waals surface area contributed by atoms with Gasteiger partial charge in [-0.1, -0.05) is 42.5 Å². The summed E-state index contributed by atoms with van der Waals surface area (Å²) in [5, 5.41) is 3.54. The van der Waals surface area contributed by atoms with E-state index in [9.17, 15) is 0 Å². The number of nitrogens with zero attached hydrogens (tertiary/aromatic N) is 4. The van der Waals surface area contributed by atoms with Crippen LogP contribution >= 0.6 is 0 Å². The maximum absolute atomic E-state index is 4.65. The van der Waals surface area contributed by atoms with Crippen LogP contribution in [0.15, 0.2) is 59.6 Å². The Balaban J connectivity index is 1.37. The van der Waals surface area contributed by atoms with Crippen molar-refractivity contribution >= 4 is 17.0 Å². The average Bonchev–Trinajstić information content (AvgIpc) is 3.31. The molecule has 4 rings (SSSR count). The minimum Gasteiger partial charge on any atom is -0.354 e. The molecule has 1 saturated heterocycles. The van der Waals surface area contributed by atoms with E-state index < -0.39 is 0 Å². The van der Waals surface area contributed by atoms with Gasteiger partial charge >= 0.3 is 0 Å². The van der Waals surface area contributed by atoms with E-state index in [0.717, 1.165) is 43.5 Å². The van der Waals surface area contributed by atoms with Crippen LogP contribution in [0.1, 0.15) is 23.7 Å². The third kappa shape index (κ3) is 3.68. The van der Waals surface area contributed by atoms with Crippen molar-refractivity contribution in [2.24, 2.45) is 4.99 Å². The Morgan fingerprint density at radius 3 is 2.74 bits per heavy atom. The molecule has 27 heavy (non-hydrogen) atoms. The SMILES string of the molecule is CN=C(NCCn1c(C)nc2ccccc21)N1CCC(c2ccccc2)C1. The molecular formula is C22H27N5. The van der Waals surface area contributed by atoms with Crippen molar-refractivity contribution in [2.45, 2.75) is 25.8 Å². The maximum atomic E-state index is 4.65. The van der Waals surface area contributed by atoms with Gasteiger partial charge in [-0.2, -0.15) is 0 Å². The smallest absolute Gasteiger partial charge is 0.193 e. The summed E-state index contributed by atoms with van der Waals surface area (Å²) >= 11 is 0. The first-order valence-corrected chi connectivity index (χ1v) is 9.68. The number of fused-ring (bicyclic) bond motifs is 1. The van der Waals surface area contributed by atoms with Crippen LogP contribution < -0.4 is 5.32 Å². The molecule has 0 radical (unpaired) electrons. The van der Waals surface area contributed by atoms with Crippen LogP contribution in [0, 0.1) is 6.92 Å². The average molecular weight is 361 g/mol. The van der Waals surface area contributed by atoms with Gasteiger partial charge in [0.1, 0.15) is 5.82 Å². The molecule has 5 nitrogen and oxygen atoms in total. The number of aliphatic imine (C=N–C) groups is 1.